The molecule has 0 aliphatic carbocycles. The van der Waals surface area contributed by atoms with Gasteiger partial charge >= 0.3 is 5.97 Å². The minimum atomic E-state index is -0.896. The number of aliphatic carboxylic acids is 1. The highest BCUT2D eigenvalue weighted by Crippen LogP contribution is 2.42. The number of aromatic nitrogens is 1. The van der Waals surface area contributed by atoms with Crippen molar-refractivity contribution in [3.8, 4) is 22.6 Å². The van der Waals surface area contributed by atoms with Gasteiger partial charge in [-0.15, -0.1) is 0 Å². The summed E-state index contributed by atoms with van der Waals surface area (Å²) < 4.78 is 25.4. The molecule has 1 aliphatic heterocycles. The Morgan fingerprint density at radius 2 is 1.70 bits per heavy atom. The molecule has 0 radical (unpaired) electrons. The van der Waals surface area contributed by atoms with Crippen molar-refractivity contribution in [2.24, 2.45) is 5.41 Å². The lowest BCUT2D eigenvalue weighted by atomic mass is 9.82. The molecule has 1 aliphatic rings. The highest BCUT2D eigenvalue weighted by molar-refractivity contribution is 6.30. The molecule has 6 nitrogen and oxygen atoms in total. The van der Waals surface area contributed by atoms with Crippen LogP contribution < -0.4 is 14.4 Å². The van der Waals surface area contributed by atoms with E-state index >= 15 is 0 Å². The number of hydrogen-bond acceptors (Lipinski definition) is 5. The monoisotopic (exact) mass is 616 g/mol. The van der Waals surface area contributed by atoms with Crippen molar-refractivity contribution in [1.29, 1.82) is 0 Å². The van der Waals surface area contributed by atoms with Crippen LogP contribution in [0.3, 0.4) is 0 Å². The summed E-state index contributed by atoms with van der Waals surface area (Å²) in [6, 6.07) is 21.5. The Balaban J connectivity index is 1.50. The maximum Gasteiger partial charge on any atom is 0.307 e. The second kappa shape index (κ2) is 13.7. The third-order valence-corrected chi connectivity index (χ3v) is 8.43. The van der Waals surface area contributed by atoms with Crippen LogP contribution >= 0.6 is 11.6 Å². The van der Waals surface area contributed by atoms with Gasteiger partial charge in [-0.3, -0.25) is 9.78 Å². The zero-order valence-corrected chi connectivity index (χ0v) is 26.2. The number of halogens is 2. The quantitative estimate of drug-likeness (QED) is 0.183. The van der Waals surface area contributed by atoms with Crippen LogP contribution in [0.25, 0.3) is 11.1 Å². The lowest BCUT2D eigenvalue weighted by Crippen LogP contribution is -2.38. The number of ether oxygens (including phenoxy) is 2. The number of carboxylic acid groups (broad SMARTS) is 1. The van der Waals surface area contributed by atoms with Crippen molar-refractivity contribution < 1.29 is 23.8 Å². The van der Waals surface area contributed by atoms with Crippen LogP contribution in [0.2, 0.25) is 5.02 Å². The zero-order valence-electron chi connectivity index (χ0n) is 25.4. The first-order valence-corrected chi connectivity index (χ1v) is 15.3. The molecule has 1 fully saturated rings. The van der Waals surface area contributed by atoms with Crippen molar-refractivity contribution >= 4 is 23.3 Å². The smallest absolute Gasteiger partial charge is 0.307 e. The average molecular weight is 617 g/mol. The summed E-state index contributed by atoms with van der Waals surface area (Å²) in [5.41, 5.74) is 6.02. The molecule has 0 spiro atoms. The van der Waals surface area contributed by atoms with Crippen LogP contribution in [0, 0.1) is 18.2 Å². The molecule has 44 heavy (non-hydrogen) atoms. The molecule has 2 heterocycles. The molecule has 0 amide bonds. The highest BCUT2D eigenvalue weighted by atomic mass is 35.5. The minimum Gasteiger partial charge on any atom is -0.493 e. The predicted octanol–water partition coefficient (Wildman–Crippen LogP) is 8.30. The molecule has 0 atom stereocenters. The van der Waals surface area contributed by atoms with Crippen molar-refractivity contribution in [2.75, 3.05) is 24.6 Å². The molecule has 0 unspecified atom stereocenters. The van der Waals surface area contributed by atoms with Gasteiger partial charge in [-0.2, -0.15) is 0 Å². The van der Waals surface area contributed by atoms with Gasteiger partial charge in [-0.1, -0.05) is 55.8 Å². The predicted molar refractivity (Wildman–Crippen MR) is 172 cm³/mol. The molecule has 1 N–H and O–H groups in total. The third-order valence-electron chi connectivity index (χ3n) is 8.20. The Morgan fingerprint density at radius 1 is 1.00 bits per heavy atom. The van der Waals surface area contributed by atoms with E-state index < -0.39 is 5.97 Å². The van der Waals surface area contributed by atoms with Gasteiger partial charge in [-0.05, 0) is 78.8 Å². The molecule has 0 saturated carbocycles. The van der Waals surface area contributed by atoms with Gasteiger partial charge in [0.2, 0.25) is 0 Å². The SMILES string of the molecule is Cc1nc(COc2cccc(Cl)c2)c(-c2ccc(OCCc3ccc(F)cc3)cc2)c(N2CCC(C)(C)CC2)c1CC(=O)O. The molecule has 4 aromatic rings. The van der Waals surface area contributed by atoms with Gasteiger partial charge in [0.15, 0.2) is 0 Å². The van der Waals surface area contributed by atoms with Crippen LogP contribution in [0.15, 0.2) is 72.8 Å². The maximum absolute atomic E-state index is 13.2. The van der Waals surface area contributed by atoms with Crippen LogP contribution in [-0.2, 0) is 24.2 Å². The largest absolute Gasteiger partial charge is 0.493 e. The Kier molecular flexibility index (Phi) is 9.74. The molecule has 5 rings (SSSR count). The normalized spacial score (nSPS) is 14.3. The fraction of sp³-hybridized carbons (Fsp3) is 0.333. The second-order valence-corrected chi connectivity index (χ2v) is 12.5. The molecule has 230 valence electrons. The third kappa shape index (κ3) is 7.88. The van der Waals surface area contributed by atoms with Crippen molar-refractivity contribution in [3.05, 3.63) is 106 Å². The summed E-state index contributed by atoms with van der Waals surface area (Å²) in [7, 11) is 0. The number of nitrogens with zero attached hydrogens (tertiary/aromatic N) is 2. The van der Waals surface area contributed by atoms with E-state index in [1.807, 2.05) is 43.3 Å². The van der Waals surface area contributed by atoms with Crippen LogP contribution in [0.4, 0.5) is 10.1 Å². The Morgan fingerprint density at radius 3 is 2.36 bits per heavy atom. The van der Waals surface area contributed by atoms with E-state index in [1.165, 1.54) is 12.1 Å². The van der Waals surface area contributed by atoms with Crippen LogP contribution in [0.5, 0.6) is 11.5 Å². The van der Waals surface area contributed by atoms with Crippen molar-refractivity contribution in [1.82, 2.24) is 4.98 Å². The van der Waals surface area contributed by atoms with E-state index in [0.29, 0.717) is 35.2 Å². The first-order chi connectivity index (χ1) is 21.1. The van der Waals surface area contributed by atoms with Crippen molar-refractivity contribution in [2.45, 2.75) is 53.1 Å². The standard InChI is InChI=1S/C36H38ClFN2O4/c1-24-31(22-33(41)42)35(40-18-16-36(2,3)17-19-40)34(32(39-24)23-44-30-6-4-5-27(37)21-30)26-9-13-29(14-10-26)43-20-15-25-7-11-28(38)12-8-25/h4-14,21H,15-20,22-23H2,1-3H3,(H,41,42). The van der Waals surface area contributed by atoms with E-state index in [-0.39, 0.29) is 24.3 Å². The van der Waals surface area contributed by atoms with Gasteiger partial charge < -0.3 is 19.5 Å². The molecule has 1 saturated heterocycles. The molecular formula is C36H38ClFN2O4. The highest BCUT2D eigenvalue weighted by Gasteiger charge is 2.31. The number of hydrogen-bond donors (Lipinski definition) is 1. The number of carbonyl (C=O) groups is 1. The van der Waals surface area contributed by atoms with E-state index in [4.69, 9.17) is 26.1 Å². The summed E-state index contributed by atoms with van der Waals surface area (Å²) in [6.45, 7) is 8.70. The number of rotatable bonds is 11. The van der Waals surface area contributed by atoms with Gasteiger partial charge in [0.25, 0.3) is 0 Å². The van der Waals surface area contributed by atoms with Crippen LogP contribution in [-0.4, -0.2) is 35.8 Å². The second-order valence-electron chi connectivity index (χ2n) is 12.1. The molecular weight excluding hydrogens is 579 g/mol. The fourth-order valence-corrected chi connectivity index (χ4v) is 5.78. The fourth-order valence-electron chi connectivity index (χ4n) is 5.60. The Labute approximate surface area is 263 Å². The van der Waals surface area contributed by atoms with Gasteiger partial charge in [-0.25, -0.2) is 4.39 Å². The lowest BCUT2D eigenvalue weighted by Gasteiger charge is -2.40. The molecule has 8 heteroatoms. The number of aryl methyl sites for hydroxylation is 1. The van der Waals surface area contributed by atoms with Crippen LogP contribution in [0.1, 0.15) is 49.2 Å². The van der Waals surface area contributed by atoms with E-state index in [0.717, 1.165) is 59.6 Å². The average Bonchev–Trinajstić information content (AvgIpc) is 2.98. The number of piperidine rings is 1. The van der Waals surface area contributed by atoms with Gasteiger partial charge in [0.05, 0.1) is 24.4 Å². The van der Waals surface area contributed by atoms with E-state index in [2.05, 4.69) is 18.7 Å². The number of carboxylic acids is 1. The Bertz CT molecular complexity index is 1600. The van der Waals surface area contributed by atoms with Crippen molar-refractivity contribution in [3.63, 3.8) is 0 Å². The lowest BCUT2D eigenvalue weighted by molar-refractivity contribution is -0.136. The summed E-state index contributed by atoms with van der Waals surface area (Å²) in [5.74, 6) is 0.183. The first kappa shape index (κ1) is 31.3. The summed E-state index contributed by atoms with van der Waals surface area (Å²) in [6.07, 6.45) is 2.52. The topological polar surface area (TPSA) is 71.9 Å². The summed E-state index contributed by atoms with van der Waals surface area (Å²) in [4.78, 5) is 19.3. The number of pyridine rings is 1. The van der Waals surface area contributed by atoms with E-state index in [1.54, 1.807) is 24.3 Å². The molecule has 0 bridgehead atoms. The van der Waals surface area contributed by atoms with Gasteiger partial charge in [0, 0.05) is 41.4 Å². The Hall–Kier alpha value is -4.10. The molecule has 3 aromatic carbocycles. The summed E-state index contributed by atoms with van der Waals surface area (Å²) >= 11 is 6.21. The van der Waals surface area contributed by atoms with E-state index in [9.17, 15) is 14.3 Å². The first-order valence-electron chi connectivity index (χ1n) is 14.9. The zero-order chi connectivity index (χ0) is 31.3. The molecule has 1 aromatic heterocycles. The number of anilines is 1. The maximum atomic E-state index is 13.2. The van der Waals surface area contributed by atoms with Gasteiger partial charge in [0.1, 0.15) is 23.9 Å². The minimum absolute atomic E-state index is 0.124. The number of benzene rings is 3. The summed E-state index contributed by atoms with van der Waals surface area (Å²) in [5, 5.41) is 10.5.